The fraction of sp³-hybridized carbons (Fsp3) is 0.333. The van der Waals surface area contributed by atoms with Crippen LogP contribution >= 0.6 is 0 Å². The number of hydrogen-bond donors (Lipinski definition) is 1. The number of aromatic nitrogens is 2. The van der Waals surface area contributed by atoms with Crippen LogP contribution in [0.1, 0.15) is 5.56 Å². The van der Waals surface area contributed by atoms with Crippen molar-refractivity contribution in [1.29, 1.82) is 0 Å². The van der Waals surface area contributed by atoms with Gasteiger partial charge in [0.1, 0.15) is 0 Å². The van der Waals surface area contributed by atoms with Crippen molar-refractivity contribution in [3.63, 3.8) is 0 Å². The molecule has 2 N–H and O–H groups in total. The molecular formula is C15H19N5. The summed E-state index contributed by atoms with van der Waals surface area (Å²) >= 11 is 0. The molecule has 0 aliphatic carbocycles. The average Bonchev–Trinajstić information content (AvgIpc) is 2.49. The number of hydrogen-bond acceptors (Lipinski definition) is 5. The zero-order chi connectivity index (χ0) is 13.9. The Morgan fingerprint density at radius 1 is 1.10 bits per heavy atom. The van der Waals surface area contributed by atoms with Crippen LogP contribution in [-0.4, -0.2) is 36.6 Å². The molecule has 0 bridgehead atoms. The van der Waals surface area contributed by atoms with Gasteiger partial charge in [-0.2, -0.15) is 0 Å². The van der Waals surface area contributed by atoms with Crippen molar-refractivity contribution in [3.05, 3.63) is 42.2 Å². The lowest BCUT2D eigenvalue weighted by molar-refractivity contribution is 0.798. The standard InChI is InChI=1S/C15H19N5/c1-19-8-9-20(14-5-3-2-4-13(14)19)15-17-10-12(6-7-16)11-18-15/h2-5,10-11H,6-9,16H2,1H3. The Morgan fingerprint density at radius 2 is 1.80 bits per heavy atom. The van der Waals surface area contributed by atoms with Crippen LogP contribution in [0.2, 0.25) is 0 Å². The SMILES string of the molecule is CN1CCN(c2ncc(CCN)cn2)c2ccccc21. The van der Waals surface area contributed by atoms with E-state index in [4.69, 9.17) is 5.73 Å². The first-order valence-corrected chi connectivity index (χ1v) is 6.88. The summed E-state index contributed by atoms with van der Waals surface area (Å²) in [6.07, 6.45) is 4.56. The second kappa shape index (κ2) is 5.46. The lowest BCUT2D eigenvalue weighted by Crippen LogP contribution is -2.37. The normalized spacial score (nSPS) is 14.3. The van der Waals surface area contributed by atoms with Crippen LogP contribution in [0.3, 0.4) is 0 Å². The van der Waals surface area contributed by atoms with E-state index in [1.165, 1.54) is 5.69 Å². The maximum absolute atomic E-state index is 5.55. The van der Waals surface area contributed by atoms with Crippen LogP contribution in [0, 0.1) is 0 Å². The van der Waals surface area contributed by atoms with Crippen molar-refractivity contribution in [3.8, 4) is 0 Å². The van der Waals surface area contributed by atoms with Crippen molar-refractivity contribution in [2.75, 3.05) is 36.5 Å². The van der Waals surface area contributed by atoms with E-state index < -0.39 is 0 Å². The number of likely N-dealkylation sites (N-methyl/N-ethyl adjacent to an activating group) is 1. The second-order valence-corrected chi connectivity index (χ2v) is 4.99. The van der Waals surface area contributed by atoms with Crippen LogP contribution in [0.4, 0.5) is 17.3 Å². The molecule has 0 radical (unpaired) electrons. The topological polar surface area (TPSA) is 58.3 Å². The highest BCUT2D eigenvalue weighted by Gasteiger charge is 2.22. The Hall–Kier alpha value is -2.14. The predicted molar refractivity (Wildman–Crippen MR) is 81.5 cm³/mol. The van der Waals surface area contributed by atoms with Gasteiger partial charge in [-0.05, 0) is 30.7 Å². The van der Waals surface area contributed by atoms with Gasteiger partial charge in [0.05, 0.1) is 11.4 Å². The average molecular weight is 269 g/mol. The number of para-hydroxylation sites is 2. The monoisotopic (exact) mass is 269 g/mol. The predicted octanol–water partition coefficient (Wildman–Crippen LogP) is 1.57. The molecule has 5 nitrogen and oxygen atoms in total. The molecule has 0 saturated carbocycles. The number of nitrogens with zero attached hydrogens (tertiary/aromatic N) is 4. The first-order valence-electron chi connectivity index (χ1n) is 6.88. The van der Waals surface area contributed by atoms with Gasteiger partial charge in [-0.1, -0.05) is 12.1 Å². The van der Waals surface area contributed by atoms with Crippen molar-refractivity contribution in [2.24, 2.45) is 5.73 Å². The summed E-state index contributed by atoms with van der Waals surface area (Å²) in [6.45, 7) is 2.48. The second-order valence-electron chi connectivity index (χ2n) is 4.99. The van der Waals surface area contributed by atoms with Crippen LogP contribution in [0.25, 0.3) is 0 Å². The van der Waals surface area contributed by atoms with Gasteiger partial charge in [0.25, 0.3) is 0 Å². The molecular weight excluding hydrogens is 250 g/mol. The highest BCUT2D eigenvalue weighted by Crippen LogP contribution is 2.34. The van der Waals surface area contributed by atoms with Gasteiger partial charge < -0.3 is 15.5 Å². The van der Waals surface area contributed by atoms with Gasteiger partial charge in [0.2, 0.25) is 5.95 Å². The quantitative estimate of drug-likeness (QED) is 0.916. The molecule has 2 aromatic rings. The van der Waals surface area contributed by atoms with Gasteiger partial charge >= 0.3 is 0 Å². The molecule has 0 unspecified atom stereocenters. The Labute approximate surface area is 119 Å². The minimum absolute atomic E-state index is 0.625. The molecule has 0 fully saturated rings. The molecule has 1 aliphatic rings. The molecule has 0 amide bonds. The summed E-state index contributed by atoms with van der Waals surface area (Å²) in [5.41, 5.74) is 9.01. The summed E-state index contributed by atoms with van der Waals surface area (Å²) in [4.78, 5) is 13.4. The van der Waals surface area contributed by atoms with Crippen LogP contribution < -0.4 is 15.5 Å². The summed E-state index contributed by atoms with van der Waals surface area (Å²) in [5, 5.41) is 0. The lowest BCUT2D eigenvalue weighted by atomic mass is 10.2. The zero-order valence-corrected chi connectivity index (χ0v) is 11.7. The number of nitrogens with two attached hydrogens (primary N) is 1. The molecule has 5 heteroatoms. The molecule has 0 atom stereocenters. The summed E-state index contributed by atoms with van der Waals surface area (Å²) in [5.74, 6) is 0.756. The minimum atomic E-state index is 0.625. The lowest BCUT2D eigenvalue weighted by Gasteiger charge is -2.35. The number of anilines is 3. The van der Waals surface area contributed by atoms with Crippen LogP contribution in [0.15, 0.2) is 36.7 Å². The van der Waals surface area contributed by atoms with E-state index in [-0.39, 0.29) is 0 Å². The van der Waals surface area contributed by atoms with Gasteiger partial charge in [-0.15, -0.1) is 0 Å². The molecule has 3 rings (SSSR count). The third-order valence-corrected chi connectivity index (χ3v) is 3.61. The maximum atomic E-state index is 5.55. The fourth-order valence-corrected chi connectivity index (χ4v) is 2.50. The molecule has 104 valence electrons. The molecule has 2 heterocycles. The molecule has 1 aromatic heterocycles. The largest absolute Gasteiger partial charge is 0.371 e. The van der Waals surface area contributed by atoms with Gasteiger partial charge in [-0.3, -0.25) is 0 Å². The first-order chi connectivity index (χ1) is 9.79. The van der Waals surface area contributed by atoms with E-state index in [1.54, 1.807) is 0 Å². The van der Waals surface area contributed by atoms with Crippen molar-refractivity contribution in [2.45, 2.75) is 6.42 Å². The Balaban J connectivity index is 1.93. The van der Waals surface area contributed by atoms with Crippen LogP contribution in [0.5, 0.6) is 0 Å². The summed E-state index contributed by atoms with van der Waals surface area (Å²) < 4.78 is 0. The maximum Gasteiger partial charge on any atom is 0.229 e. The number of fused-ring (bicyclic) bond motifs is 1. The Bertz CT molecular complexity index is 581. The summed E-state index contributed by atoms with van der Waals surface area (Å²) in [7, 11) is 2.11. The first kappa shape index (κ1) is 12.9. The molecule has 0 spiro atoms. The third kappa shape index (κ3) is 2.32. The Morgan fingerprint density at radius 3 is 2.50 bits per heavy atom. The number of rotatable bonds is 3. The van der Waals surface area contributed by atoms with Crippen molar-refractivity contribution < 1.29 is 0 Å². The van der Waals surface area contributed by atoms with Gasteiger partial charge in [0, 0.05) is 32.5 Å². The van der Waals surface area contributed by atoms with E-state index in [9.17, 15) is 0 Å². The molecule has 20 heavy (non-hydrogen) atoms. The highest BCUT2D eigenvalue weighted by atomic mass is 15.3. The third-order valence-electron chi connectivity index (χ3n) is 3.61. The molecule has 1 aliphatic heterocycles. The van der Waals surface area contributed by atoms with E-state index in [2.05, 4.69) is 45.0 Å². The molecule has 1 aromatic carbocycles. The van der Waals surface area contributed by atoms with Gasteiger partial charge in [-0.25, -0.2) is 9.97 Å². The van der Waals surface area contributed by atoms with E-state index in [0.29, 0.717) is 6.54 Å². The van der Waals surface area contributed by atoms with Crippen molar-refractivity contribution >= 4 is 17.3 Å². The number of benzene rings is 1. The fourth-order valence-electron chi connectivity index (χ4n) is 2.50. The smallest absolute Gasteiger partial charge is 0.229 e. The molecule has 0 saturated heterocycles. The Kier molecular flexibility index (Phi) is 3.52. The van der Waals surface area contributed by atoms with E-state index in [0.717, 1.165) is 36.7 Å². The summed E-state index contributed by atoms with van der Waals surface area (Å²) in [6, 6.07) is 8.35. The minimum Gasteiger partial charge on any atom is -0.371 e. The zero-order valence-electron chi connectivity index (χ0n) is 11.7. The van der Waals surface area contributed by atoms with Crippen molar-refractivity contribution in [1.82, 2.24) is 9.97 Å². The highest BCUT2D eigenvalue weighted by molar-refractivity contribution is 5.77. The van der Waals surface area contributed by atoms with E-state index >= 15 is 0 Å². The van der Waals surface area contributed by atoms with Crippen LogP contribution in [-0.2, 0) is 6.42 Å². The van der Waals surface area contributed by atoms with Gasteiger partial charge in [0.15, 0.2) is 0 Å². The van der Waals surface area contributed by atoms with E-state index in [1.807, 2.05) is 18.5 Å².